The van der Waals surface area contributed by atoms with Crippen LogP contribution in [0.2, 0.25) is 0 Å². The molecule has 0 unspecified atom stereocenters. The summed E-state index contributed by atoms with van der Waals surface area (Å²) in [7, 11) is -0.406. The van der Waals surface area contributed by atoms with Crippen molar-refractivity contribution in [2.24, 2.45) is 0 Å². The summed E-state index contributed by atoms with van der Waals surface area (Å²) >= 11 is 3.52. The molecule has 0 spiro atoms. The van der Waals surface area contributed by atoms with Gasteiger partial charge in [0.25, 0.3) is 0 Å². The Balaban J connectivity index is 2.09. The highest BCUT2D eigenvalue weighted by Gasteiger charge is 2.52. The third-order valence-electron chi connectivity index (χ3n) is 4.05. The normalized spacial score (nSPS) is 21.2. The van der Waals surface area contributed by atoms with Crippen LogP contribution in [0, 0.1) is 0 Å². The molecule has 3 nitrogen and oxygen atoms in total. The number of halogens is 1. The van der Waals surface area contributed by atoms with Crippen molar-refractivity contribution in [1.29, 1.82) is 0 Å². The van der Waals surface area contributed by atoms with Crippen LogP contribution in [0.5, 0.6) is 0 Å². The van der Waals surface area contributed by atoms with Crippen LogP contribution in [-0.4, -0.2) is 18.3 Å². The van der Waals surface area contributed by atoms with E-state index in [4.69, 9.17) is 13.7 Å². The molecule has 2 aromatic rings. The maximum absolute atomic E-state index is 6.08. The fourth-order valence-electron chi connectivity index (χ4n) is 2.22. The van der Waals surface area contributed by atoms with Gasteiger partial charge < -0.3 is 13.7 Å². The van der Waals surface area contributed by atoms with Crippen LogP contribution < -0.4 is 5.46 Å². The number of fused-ring (bicyclic) bond motifs is 1. The van der Waals surface area contributed by atoms with Gasteiger partial charge in [0, 0.05) is 15.3 Å². The smallest absolute Gasteiger partial charge is 0.465 e. The predicted molar refractivity (Wildman–Crippen MR) is 79.6 cm³/mol. The minimum Gasteiger partial charge on any atom is -0.465 e. The van der Waals surface area contributed by atoms with Crippen LogP contribution in [0.15, 0.2) is 33.4 Å². The molecule has 1 aliphatic heterocycles. The third-order valence-corrected chi connectivity index (χ3v) is 4.51. The Bertz CT molecular complexity index is 617. The molecule has 100 valence electrons. The quantitative estimate of drug-likeness (QED) is 0.753. The summed E-state index contributed by atoms with van der Waals surface area (Å²) < 4.78 is 18.7. The molecule has 2 heterocycles. The third kappa shape index (κ3) is 2.04. The van der Waals surface area contributed by atoms with Gasteiger partial charge in [0.2, 0.25) is 0 Å². The van der Waals surface area contributed by atoms with Crippen LogP contribution in [0.1, 0.15) is 27.7 Å². The van der Waals surface area contributed by atoms with E-state index in [9.17, 15) is 0 Å². The molecule has 5 heteroatoms. The highest BCUT2D eigenvalue weighted by molar-refractivity contribution is 9.10. The Morgan fingerprint density at radius 3 is 2.32 bits per heavy atom. The predicted octanol–water partition coefficient (Wildman–Crippen LogP) is 3.49. The lowest BCUT2D eigenvalue weighted by Gasteiger charge is -2.32. The fraction of sp³-hybridized carbons (Fsp3) is 0.429. The summed E-state index contributed by atoms with van der Waals surface area (Å²) in [6.45, 7) is 8.18. The molecule has 1 saturated heterocycles. The molecule has 19 heavy (non-hydrogen) atoms. The summed E-state index contributed by atoms with van der Waals surface area (Å²) in [6.07, 6.45) is 1.69. The van der Waals surface area contributed by atoms with Crippen molar-refractivity contribution in [3.63, 3.8) is 0 Å². The van der Waals surface area contributed by atoms with E-state index in [-0.39, 0.29) is 11.2 Å². The molecule has 1 aromatic heterocycles. The van der Waals surface area contributed by atoms with Crippen molar-refractivity contribution in [2.75, 3.05) is 0 Å². The van der Waals surface area contributed by atoms with E-state index in [0.29, 0.717) is 0 Å². The summed E-state index contributed by atoms with van der Waals surface area (Å²) in [4.78, 5) is 0. The van der Waals surface area contributed by atoms with E-state index in [1.807, 2.05) is 45.9 Å². The number of benzene rings is 1. The first-order valence-electron chi connectivity index (χ1n) is 6.32. The minimum atomic E-state index is -0.406. The Kier molecular flexibility index (Phi) is 2.86. The summed E-state index contributed by atoms with van der Waals surface area (Å²) in [5, 5.41) is 1.04. The van der Waals surface area contributed by atoms with Gasteiger partial charge in [-0.1, -0.05) is 15.9 Å². The molecule has 3 rings (SSSR count). The van der Waals surface area contributed by atoms with Crippen molar-refractivity contribution in [2.45, 2.75) is 38.9 Å². The van der Waals surface area contributed by atoms with E-state index >= 15 is 0 Å². The van der Waals surface area contributed by atoms with Crippen molar-refractivity contribution < 1.29 is 13.7 Å². The fourth-order valence-corrected chi connectivity index (χ4v) is 2.71. The van der Waals surface area contributed by atoms with Gasteiger partial charge >= 0.3 is 7.12 Å². The average Bonchev–Trinajstić information content (AvgIpc) is 2.80. The molecule has 1 fully saturated rings. The second-order valence-electron chi connectivity index (χ2n) is 5.92. The highest BCUT2D eigenvalue weighted by Crippen LogP contribution is 2.37. The lowest BCUT2D eigenvalue weighted by molar-refractivity contribution is 0.00578. The van der Waals surface area contributed by atoms with Crippen LogP contribution in [0.3, 0.4) is 0 Å². The summed E-state index contributed by atoms with van der Waals surface area (Å²) in [5.41, 5.74) is 1.05. The van der Waals surface area contributed by atoms with Gasteiger partial charge in [-0.3, -0.25) is 0 Å². The molecule has 1 aromatic carbocycles. The Morgan fingerprint density at radius 2 is 1.68 bits per heavy atom. The van der Waals surface area contributed by atoms with Crippen LogP contribution in [0.25, 0.3) is 11.0 Å². The van der Waals surface area contributed by atoms with Crippen molar-refractivity contribution in [3.8, 4) is 0 Å². The maximum Gasteiger partial charge on any atom is 0.498 e. The van der Waals surface area contributed by atoms with Crippen LogP contribution >= 0.6 is 15.9 Å². The zero-order chi connectivity index (χ0) is 13.8. The van der Waals surface area contributed by atoms with E-state index in [2.05, 4.69) is 15.9 Å². The van der Waals surface area contributed by atoms with Crippen LogP contribution in [0.4, 0.5) is 0 Å². The van der Waals surface area contributed by atoms with Gasteiger partial charge in [0.1, 0.15) is 5.58 Å². The highest BCUT2D eigenvalue weighted by atomic mass is 79.9. The molecule has 0 saturated carbocycles. The van der Waals surface area contributed by atoms with E-state index < -0.39 is 7.12 Å². The molecule has 0 bridgehead atoms. The average molecular weight is 323 g/mol. The Hall–Kier alpha value is -0.775. The Morgan fingerprint density at radius 1 is 1.05 bits per heavy atom. The van der Waals surface area contributed by atoms with Gasteiger partial charge in [-0.25, -0.2) is 0 Å². The van der Waals surface area contributed by atoms with E-state index in [1.54, 1.807) is 6.26 Å². The largest absolute Gasteiger partial charge is 0.498 e. The van der Waals surface area contributed by atoms with Gasteiger partial charge in [-0.2, -0.15) is 0 Å². The van der Waals surface area contributed by atoms with Crippen molar-refractivity contribution in [3.05, 3.63) is 28.9 Å². The second-order valence-corrected chi connectivity index (χ2v) is 6.84. The van der Waals surface area contributed by atoms with Crippen molar-refractivity contribution >= 4 is 39.5 Å². The zero-order valence-electron chi connectivity index (χ0n) is 11.5. The molecule has 0 radical (unpaired) electrons. The minimum absolute atomic E-state index is 0.348. The molecule has 0 atom stereocenters. The molecule has 0 aliphatic carbocycles. The number of hydrogen-bond acceptors (Lipinski definition) is 3. The summed E-state index contributed by atoms with van der Waals surface area (Å²) in [5.74, 6) is 0. The van der Waals surface area contributed by atoms with E-state index in [0.717, 1.165) is 20.9 Å². The Labute approximate surface area is 121 Å². The van der Waals surface area contributed by atoms with Gasteiger partial charge in [0.15, 0.2) is 0 Å². The number of hydrogen-bond donors (Lipinski definition) is 0. The number of rotatable bonds is 1. The number of furan rings is 1. The molecular formula is C14H16BBrO3. The zero-order valence-corrected chi connectivity index (χ0v) is 13.1. The topological polar surface area (TPSA) is 31.6 Å². The van der Waals surface area contributed by atoms with Crippen molar-refractivity contribution in [1.82, 2.24) is 0 Å². The molecule has 0 amide bonds. The monoisotopic (exact) mass is 322 g/mol. The van der Waals surface area contributed by atoms with E-state index in [1.165, 1.54) is 0 Å². The molecule has 0 N–H and O–H groups in total. The van der Waals surface area contributed by atoms with Crippen LogP contribution in [-0.2, 0) is 9.31 Å². The van der Waals surface area contributed by atoms with Gasteiger partial charge in [-0.05, 0) is 45.9 Å². The molecule has 1 aliphatic rings. The first-order chi connectivity index (χ1) is 8.80. The standard InChI is InChI=1S/C14H16BBrO3/c1-13(2)14(3,4)19-15(18-13)11-8-10(16)7-9-5-6-17-12(9)11/h5-8H,1-4H3. The second kappa shape index (κ2) is 4.11. The molecular weight excluding hydrogens is 307 g/mol. The first kappa shape index (κ1) is 13.2. The lowest BCUT2D eigenvalue weighted by Crippen LogP contribution is -2.41. The maximum atomic E-state index is 6.08. The first-order valence-corrected chi connectivity index (χ1v) is 7.12. The van der Waals surface area contributed by atoms with Gasteiger partial charge in [0.05, 0.1) is 17.5 Å². The van der Waals surface area contributed by atoms with Gasteiger partial charge in [-0.15, -0.1) is 0 Å². The lowest BCUT2D eigenvalue weighted by atomic mass is 9.78. The SMILES string of the molecule is CC1(C)OB(c2cc(Br)cc3ccoc23)OC1(C)C. The summed E-state index contributed by atoms with van der Waals surface area (Å²) in [6, 6.07) is 5.95.